The summed E-state index contributed by atoms with van der Waals surface area (Å²) in [6.07, 6.45) is 3.40. The lowest BCUT2D eigenvalue weighted by molar-refractivity contribution is 0.249. The molecular formula is C15H19N5O. The molecule has 0 bridgehead atoms. The third kappa shape index (κ3) is 2.62. The number of nitrogens with one attached hydrogen (secondary N) is 3. The summed E-state index contributed by atoms with van der Waals surface area (Å²) in [7, 11) is 0. The Bertz CT molecular complexity index is 717. The lowest BCUT2D eigenvalue weighted by Crippen LogP contribution is -2.29. The Morgan fingerprint density at radius 2 is 2.14 bits per heavy atom. The van der Waals surface area contributed by atoms with Crippen molar-refractivity contribution in [3.8, 4) is 11.4 Å². The van der Waals surface area contributed by atoms with E-state index in [-0.39, 0.29) is 12.6 Å². The van der Waals surface area contributed by atoms with Gasteiger partial charge in [0.05, 0.1) is 29.4 Å². The van der Waals surface area contributed by atoms with Gasteiger partial charge >= 0.3 is 0 Å². The first-order valence-corrected chi connectivity index (χ1v) is 7.04. The first-order valence-electron chi connectivity index (χ1n) is 7.04. The number of rotatable bonds is 5. The summed E-state index contributed by atoms with van der Waals surface area (Å²) in [5.41, 5.74) is 2.74. The van der Waals surface area contributed by atoms with E-state index >= 15 is 0 Å². The molecule has 3 aromatic heterocycles. The fourth-order valence-electron chi connectivity index (χ4n) is 2.30. The van der Waals surface area contributed by atoms with Gasteiger partial charge in [0, 0.05) is 6.20 Å². The van der Waals surface area contributed by atoms with Gasteiger partial charge in [-0.3, -0.25) is 0 Å². The average Bonchev–Trinajstić information content (AvgIpc) is 3.12. The van der Waals surface area contributed by atoms with E-state index in [4.69, 9.17) is 0 Å². The smallest absolute Gasteiger partial charge is 0.143 e. The third-order valence-electron chi connectivity index (χ3n) is 3.64. The lowest BCUT2D eigenvalue weighted by atomic mass is 10.1. The molecule has 0 radical (unpaired) electrons. The van der Waals surface area contributed by atoms with Crippen LogP contribution in [0, 0.1) is 5.92 Å². The van der Waals surface area contributed by atoms with E-state index in [1.165, 1.54) is 6.33 Å². The molecule has 0 fully saturated rings. The SMILES string of the molecule is CC(C)C(CO)Nc1ncnc2[nH]c(-c3ccc[nH]3)cc12. The van der Waals surface area contributed by atoms with Gasteiger partial charge in [-0.05, 0) is 24.1 Å². The van der Waals surface area contributed by atoms with Crippen molar-refractivity contribution in [2.24, 2.45) is 5.92 Å². The van der Waals surface area contributed by atoms with Crippen LogP contribution in [0.5, 0.6) is 0 Å². The number of hydrogen-bond donors (Lipinski definition) is 4. The molecule has 0 saturated carbocycles. The van der Waals surface area contributed by atoms with Crippen LogP contribution < -0.4 is 5.32 Å². The van der Waals surface area contributed by atoms with Gasteiger partial charge in [0.15, 0.2) is 0 Å². The topological polar surface area (TPSA) is 89.6 Å². The first kappa shape index (κ1) is 13.6. The summed E-state index contributed by atoms with van der Waals surface area (Å²) in [6.45, 7) is 4.19. The molecule has 4 N–H and O–H groups in total. The zero-order chi connectivity index (χ0) is 14.8. The lowest BCUT2D eigenvalue weighted by Gasteiger charge is -2.20. The highest BCUT2D eigenvalue weighted by Gasteiger charge is 2.15. The fraction of sp³-hybridized carbons (Fsp3) is 0.333. The summed E-state index contributed by atoms with van der Waals surface area (Å²) in [6, 6.07) is 5.92. The van der Waals surface area contributed by atoms with Crippen molar-refractivity contribution in [3.63, 3.8) is 0 Å². The third-order valence-corrected chi connectivity index (χ3v) is 3.64. The zero-order valence-electron chi connectivity index (χ0n) is 12.1. The molecule has 110 valence electrons. The Balaban J connectivity index is 2.00. The van der Waals surface area contributed by atoms with Crippen LogP contribution in [-0.2, 0) is 0 Å². The second-order valence-electron chi connectivity index (χ2n) is 5.43. The Kier molecular flexibility index (Phi) is 3.62. The summed E-state index contributed by atoms with van der Waals surface area (Å²) < 4.78 is 0. The molecule has 0 amide bonds. The number of nitrogens with zero attached hydrogens (tertiary/aromatic N) is 2. The second kappa shape index (κ2) is 5.57. The highest BCUT2D eigenvalue weighted by molar-refractivity contribution is 5.91. The van der Waals surface area contributed by atoms with Crippen molar-refractivity contribution < 1.29 is 5.11 Å². The quantitative estimate of drug-likeness (QED) is 0.579. The van der Waals surface area contributed by atoms with Crippen LogP contribution in [0.25, 0.3) is 22.4 Å². The predicted molar refractivity (Wildman–Crippen MR) is 83.0 cm³/mol. The van der Waals surface area contributed by atoms with E-state index in [0.29, 0.717) is 5.92 Å². The summed E-state index contributed by atoms with van der Waals surface area (Å²) in [5, 5.41) is 13.7. The van der Waals surface area contributed by atoms with E-state index in [1.54, 1.807) is 0 Å². The number of H-pyrrole nitrogens is 2. The van der Waals surface area contributed by atoms with Crippen molar-refractivity contribution in [1.82, 2.24) is 19.9 Å². The van der Waals surface area contributed by atoms with Crippen LogP contribution in [0.15, 0.2) is 30.7 Å². The average molecular weight is 285 g/mol. The number of fused-ring (bicyclic) bond motifs is 1. The Hall–Kier alpha value is -2.34. The molecule has 1 atom stereocenters. The molecule has 0 aliphatic carbocycles. The van der Waals surface area contributed by atoms with Gasteiger partial charge in [0.1, 0.15) is 17.8 Å². The maximum Gasteiger partial charge on any atom is 0.143 e. The molecule has 0 saturated heterocycles. The van der Waals surface area contributed by atoms with Gasteiger partial charge in [-0.25, -0.2) is 9.97 Å². The van der Waals surface area contributed by atoms with Crippen molar-refractivity contribution in [2.75, 3.05) is 11.9 Å². The predicted octanol–water partition coefficient (Wildman–Crippen LogP) is 2.38. The Labute approximate surface area is 122 Å². The molecular weight excluding hydrogens is 266 g/mol. The first-order chi connectivity index (χ1) is 10.2. The molecule has 0 aliphatic heterocycles. The van der Waals surface area contributed by atoms with E-state index < -0.39 is 0 Å². The molecule has 3 heterocycles. The Morgan fingerprint density at radius 1 is 1.29 bits per heavy atom. The van der Waals surface area contributed by atoms with Gasteiger partial charge in [-0.2, -0.15) is 0 Å². The normalized spacial score (nSPS) is 13.0. The monoisotopic (exact) mass is 285 g/mol. The number of aromatic amines is 2. The van der Waals surface area contributed by atoms with Gasteiger partial charge < -0.3 is 20.4 Å². The molecule has 1 unspecified atom stereocenters. The zero-order valence-corrected chi connectivity index (χ0v) is 12.1. The minimum atomic E-state index is -0.0352. The van der Waals surface area contributed by atoms with E-state index in [0.717, 1.165) is 28.2 Å². The molecule has 0 aromatic carbocycles. The van der Waals surface area contributed by atoms with Crippen LogP contribution in [0.2, 0.25) is 0 Å². The Morgan fingerprint density at radius 3 is 2.81 bits per heavy atom. The number of hydrogen-bond acceptors (Lipinski definition) is 4. The summed E-state index contributed by atoms with van der Waals surface area (Å²) in [5.74, 6) is 1.05. The largest absolute Gasteiger partial charge is 0.394 e. The molecule has 3 aromatic rings. The van der Waals surface area contributed by atoms with Crippen molar-refractivity contribution >= 4 is 16.9 Å². The summed E-state index contributed by atoms with van der Waals surface area (Å²) in [4.78, 5) is 15.0. The van der Waals surface area contributed by atoms with Crippen molar-refractivity contribution in [3.05, 3.63) is 30.7 Å². The van der Waals surface area contributed by atoms with Crippen LogP contribution in [0.4, 0.5) is 5.82 Å². The highest BCUT2D eigenvalue weighted by atomic mass is 16.3. The standard InChI is InChI=1S/C15H19N5O/c1-9(2)13(7-21)20-15-10-6-12(11-4-3-5-16-11)19-14(10)17-8-18-15/h3-6,8-9,13,16,21H,7H2,1-2H3,(H2,17,18,19,20). The minimum absolute atomic E-state index is 0.0352. The second-order valence-corrected chi connectivity index (χ2v) is 5.43. The van der Waals surface area contributed by atoms with Gasteiger partial charge in [0.25, 0.3) is 0 Å². The van der Waals surface area contributed by atoms with Gasteiger partial charge in [0.2, 0.25) is 0 Å². The van der Waals surface area contributed by atoms with Crippen LogP contribution >= 0.6 is 0 Å². The van der Waals surface area contributed by atoms with Crippen LogP contribution in [-0.4, -0.2) is 37.7 Å². The maximum atomic E-state index is 9.47. The van der Waals surface area contributed by atoms with Gasteiger partial charge in [-0.15, -0.1) is 0 Å². The number of aliphatic hydroxyl groups excluding tert-OH is 1. The molecule has 6 nitrogen and oxygen atoms in total. The van der Waals surface area contributed by atoms with Crippen molar-refractivity contribution in [1.29, 1.82) is 0 Å². The molecule has 21 heavy (non-hydrogen) atoms. The molecule has 6 heteroatoms. The molecule has 0 spiro atoms. The number of aliphatic hydroxyl groups is 1. The van der Waals surface area contributed by atoms with E-state index in [1.807, 2.05) is 24.4 Å². The minimum Gasteiger partial charge on any atom is -0.394 e. The van der Waals surface area contributed by atoms with Crippen molar-refractivity contribution in [2.45, 2.75) is 19.9 Å². The fourth-order valence-corrected chi connectivity index (χ4v) is 2.30. The number of anilines is 1. The van der Waals surface area contributed by atoms with E-state index in [9.17, 15) is 5.11 Å². The maximum absolute atomic E-state index is 9.47. The molecule has 0 aliphatic rings. The highest BCUT2D eigenvalue weighted by Crippen LogP contribution is 2.26. The van der Waals surface area contributed by atoms with E-state index in [2.05, 4.69) is 39.1 Å². The summed E-state index contributed by atoms with van der Waals surface area (Å²) >= 11 is 0. The van der Waals surface area contributed by atoms with Crippen LogP contribution in [0.3, 0.4) is 0 Å². The van der Waals surface area contributed by atoms with Crippen LogP contribution in [0.1, 0.15) is 13.8 Å². The van der Waals surface area contributed by atoms with Gasteiger partial charge in [-0.1, -0.05) is 13.8 Å². The number of aromatic nitrogens is 4. The molecule has 3 rings (SSSR count).